The summed E-state index contributed by atoms with van der Waals surface area (Å²) in [5, 5.41) is 10.5. The second kappa shape index (κ2) is 59.7. The molecule has 0 aromatic rings. The lowest BCUT2D eigenvalue weighted by Crippen LogP contribution is -2.30. The second-order valence-electron chi connectivity index (χ2n) is 24.3. The quantitative estimate of drug-likeness (QED) is 0.0222. The third kappa shape index (κ3) is 60.7. The van der Waals surface area contributed by atoms with E-state index < -0.39 is 97.5 Å². The number of ether oxygens (including phenoxy) is 4. The summed E-state index contributed by atoms with van der Waals surface area (Å²) in [7, 11) is -9.88. The van der Waals surface area contributed by atoms with Crippen LogP contribution in [0.25, 0.3) is 0 Å². The lowest BCUT2D eigenvalue weighted by Gasteiger charge is -2.21. The first-order valence-corrected chi connectivity index (χ1v) is 37.6. The van der Waals surface area contributed by atoms with E-state index in [9.17, 15) is 43.2 Å². The topological polar surface area (TPSA) is 237 Å². The molecule has 5 atom stereocenters. The number of carbonyl (C=O) groups is 4. The van der Waals surface area contributed by atoms with Gasteiger partial charge in [0.05, 0.1) is 26.4 Å². The number of hydrogen-bond donors (Lipinski definition) is 3. The van der Waals surface area contributed by atoms with Crippen LogP contribution in [-0.2, 0) is 65.4 Å². The van der Waals surface area contributed by atoms with Gasteiger partial charge in [0.25, 0.3) is 0 Å². The van der Waals surface area contributed by atoms with E-state index in [1.54, 1.807) is 0 Å². The Kier molecular flexibility index (Phi) is 58.3. The number of aliphatic hydroxyl groups is 1. The van der Waals surface area contributed by atoms with Crippen molar-refractivity contribution in [1.29, 1.82) is 0 Å². The fourth-order valence-electron chi connectivity index (χ4n) is 9.94. The molecule has 0 heterocycles. The molecule has 17 nitrogen and oxygen atoms in total. The van der Waals surface area contributed by atoms with Crippen LogP contribution in [0, 0.1) is 5.92 Å². The van der Waals surface area contributed by atoms with Crippen LogP contribution >= 0.6 is 15.6 Å². The van der Waals surface area contributed by atoms with E-state index in [0.717, 1.165) is 115 Å². The van der Waals surface area contributed by atoms with Gasteiger partial charge in [-0.2, -0.15) is 0 Å². The van der Waals surface area contributed by atoms with E-state index in [0.29, 0.717) is 25.7 Å². The molecule has 0 amide bonds. The van der Waals surface area contributed by atoms with Gasteiger partial charge in [0, 0.05) is 25.7 Å². The van der Waals surface area contributed by atoms with Gasteiger partial charge in [0.1, 0.15) is 19.3 Å². The van der Waals surface area contributed by atoms with Crippen LogP contribution < -0.4 is 0 Å². The SMILES string of the molecule is CCCCCCCCCCCCCC(=O)OC[C@H](COP(=O)(O)OC[C@@H](O)COP(=O)(O)OC[C@@H](COC(=O)CCCCCCCCC)OC(=O)CCCCCCCCCC)OC(=O)CCCCCCCCCCCCCCCCCCC(C)C. The molecule has 0 saturated heterocycles. The molecule has 504 valence electrons. The molecule has 0 spiro atoms. The average Bonchev–Trinajstić information content (AvgIpc) is 3.60. The van der Waals surface area contributed by atoms with Crippen molar-refractivity contribution < 1.29 is 80.2 Å². The second-order valence-corrected chi connectivity index (χ2v) is 27.2. The minimum atomic E-state index is -4.94. The normalized spacial score (nSPS) is 14.2. The number of aliphatic hydroxyl groups excluding tert-OH is 1. The zero-order valence-electron chi connectivity index (χ0n) is 54.7. The monoisotopic (exact) mass is 1250 g/mol. The fourth-order valence-corrected chi connectivity index (χ4v) is 11.5. The molecule has 3 N–H and O–H groups in total. The molecule has 0 rings (SSSR count). The van der Waals surface area contributed by atoms with Gasteiger partial charge in [-0.25, -0.2) is 9.13 Å². The molecular weight excluding hydrogens is 1130 g/mol. The minimum absolute atomic E-state index is 0.105. The van der Waals surface area contributed by atoms with Crippen molar-refractivity contribution in [3.63, 3.8) is 0 Å². The molecule has 0 aliphatic carbocycles. The Bertz CT molecular complexity index is 1650. The van der Waals surface area contributed by atoms with E-state index in [-0.39, 0.29) is 25.7 Å². The highest BCUT2D eigenvalue weighted by Gasteiger charge is 2.30. The van der Waals surface area contributed by atoms with Gasteiger partial charge in [-0.05, 0) is 31.6 Å². The number of hydrogen-bond acceptors (Lipinski definition) is 15. The van der Waals surface area contributed by atoms with Gasteiger partial charge >= 0.3 is 39.5 Å². The van der Waals surface area contributed by atoms with Gasteiger partial charge in [-0.3, -0.25) is 37.3 Å². The molecular formula is C66H128O17P2. The summed E-state index contributed by atoms with van der Waals surface area (Å²) in [4.78, 5) is 72.1. The van der Waals surface area contributed by atoms with Gasteiger partial charge < -0.3 is 33.8 Å². The molecule has 0 aromatic heterocycles. The van der Waals surface area contributed by atoms with Crippen LogP contribution in [-0.4, -0.2) is 96.7 Å². The van der Waals surface area contributed by atoms with Gasteiger partial charge in [-0.15, -0.1) is 0 Å². The Morgan fingerprint density at radius 2 is 0.541 bits per heavy atom. The minimum Gasteiger partial charge on any atom is -0.462 e. The fraction of sp³-hybridized carbons (Fsp3) is 0.939. The predicted octanol–water partition coefficient (Wildman–Crippen LogP) is 18.6. The molecule has 0 aromatic carbocycles. The number of esters is 4. The Morgan fingerprint density at radius 3 is 0.800 bits per heavy atom. The maximum atomic E-state index is 13.0. The molecule has 85 heavy (non-hydrogen) atoms. The van der Waals surface area contributed by atoms with E-state index >= 15 is 0 Å². The maximum absolute atomic E-state index is 13.0. The number of phosphoric acid groups is 2. The van der Waals surface area contributed by atoms with Crippen molar-refractivity contribution >= 4 is 39.5 Å². The number of phosphoric ester groups is 2. The highest BCUT2D eigenvalue weighted by atomic mass is 31.2. The largest absolute Gasteiger partial charge is 0.472 e. The van der Waals surface area contributed by atoms with Gasteiger partial charge in [0.2, 0.25) is 0 Å². The average molecular weight is 1260 g/mol. The number of unbranched alkanes of at least 4 members (excludes halogenated alkanes) is 38. The Labute approximate surface area is 517 Å². The van der Waals surface area contributed by atoms with Crippen molar-refractivity contribution in [3.8, 4) is 0 Å². The molecule has 0 fully saturated rings. The van der Waals surface area contributed by atoms with E-state index in [2.05, 4.69) is 34.6 Å². The van der Waals surface area contributed by atoms with Crippen molar-refractivity contribution in [2.24, 2.45) is 5.92 Å². The first-order chi connectivity index (χ1) is 41.0. The first kappa shape index (κ1) is 83.1. The summed E-state index contributed by atoms with van der Waals surface area (Å²) in [6, 6.07) is 0. The third-order valence-corrected chi connectivity index (χ3v) is 17.2. The predicted molar refractivity (Wildman–Crippen MR) is 340 cm³/mol. The van der Waals surface area contributed by atoms with E-state index in [1.165, 1.54) is 141 Å². The summed E-state index contributed by atoms with van der Waals surface area (Å²) >= 11 is 0. The van der Waals surface area contributed by atoms with Gasteiger partial charge in [-0.1, -0.05) is 285 Å². The van der Waals surface area contributed by atoms with Crippen LogP contribution in [0.1, 0.15) is 336 Å². The summed E-state index contributed by atoms with van der Waals surface area (Å²) < 4.78 is 67.9. The Balaban J connectivity index is 5.14. The summed E-state index contributed by atoms with van der Waals surface area (Å²) in [5.74, 6) is -1.33. The third-order valence-electron chi connectivity index (χ3n) is 15.3. The summed E-state index contributed by atoms with van der Waals surface area (Å²) in [6.45, 7) is 7.17. The van der Waals surface area contributed by atoms with Crippen LogP contribution in [0.5, 0.6) is 0 Å². The van der Waals surface area contributed by atoms with Crippen molar-refractivity contribution in [2.75, 3.05) is 39.6 Å². The molecule has 0 aliphatic rings. The van der Waals surface area contributed by atoms with Crippen LogP contribution in [0.15, 0.2) is 0 Å². The Hall–Kier alpha value is -1.94. The molecule has 2 unspecified atom stereocenters. The zero-order chi connectivity index (χ0) is 62.8. The van der Waals surface area contributed by atoms with Crippen LogP contribution in [0.2, 0.25) is 0 Å². The molecule has 0 bridgehead atoms. The standard InChI is InChI=1S/C66H128O17P2/c1-6-9-12-15-18-20-27-31-36-40-45-50-64(69)77-56-62(83-66(71)52-47-42-37-32-29-26-24-22-21-23-25-28-30-34-38-43-48-59(4)5)58-81-85(74,75)79-54-60(67)53-78-84(72,73)80-57-61(55-76-63(68)49-44-39-33-17-14-11-8-3)82-65(70)51-46-41-35-19-16-13-10-7-2/h59-62,67H,6-58H2,1-5H3,(H,72,73)(H,74,75)/t60-,61+,62+/m0/s1. The molecule has 0 saturated carbocycles. The molecule has 0 aliphatic heterocycles. The lowest BCUT2D eigenvalue weighted by molar-refractivity contribution is -0.161. The van der Waals surface area contributed by atoms with Gasteiger partial charge in [0.15, 0.2) is 12.2 Å². The number of carbonyl (C=O) groups excluding carboxylic acids is 4. The highest BCUT2D eigenvalue weighted by Crippen LogP contribution is 2.45. The zero-order valence-corrected chi connectivity index (χ0v) is 56.5. The number of rotatable bonds is 66. The molecule has 0 radical (unpaired) electrons. The Morgan fingerprint density at radius 1 is 0.318 bits per heavy atom. The summed E-state index contributed by atoms with van der Waals surface area (Å²) in [5.41, 5.74) is 0. The first-order valence-electron chi connectivity index (χ1n) is 34.6. The van der Waals surface area contributed by atoms with Crippen molar-refractivity contribution in [3.05, 3.63) is 0 Å². The maximum Gasteiger partial charge on any atom is 0.472 e. The van der Waals surface area contributed by atoms with Crippen molar-refractivity contribution in [2.45, 2.75) is 355 Å². The lowest BCUT2D eigenvalue weighted by atomic mass is 10.0. The van der Waals surface area contributed by atoms with Crippen LogP contribution in [0.4, 0.5) is 0 Å². The van der Waals surface area contributed by atoms with E-state index in [1.807, 2.05) is 0 Å². The molecule has 19 heteroatoms. The smallest absolute Gasteiger partial charge is 0.462 e. The van der Waals surface area contributed by atoms with Crippen molar-refractivity contribution in [1.82, 2.24) is 0 Å². The highest BCUT2D eigenvalue weighted by molar-refractivity contribution is 7.47. The van der Waals surface area contributed by atoms with E-state index in [4.69, 9.17) is 37.0 Å². The van der Waals surface area contributed by atoms with Crippen LogP contribution in [0.3, 0.4) is 0 Å². The summed E-state index contributed by atoms with van der Waals surface area (Å²) in [6.07, 6.45) is 44.6.